The second-order valence-electron chi connectivity index (χ2n) is 5.52. The van der Waals surface area contributed by atoms with E-state index in [1.54, 1.807) is 25.1 Å². The summed E-state index contributed by atoms with van der Waals surface area (Å²) in [7, 11) is 0. The normalized spacial score (nSPS) is 13.5. The molecule has 3 rings (SSSR count). The molecule has 0 radical (unpaired) electrons. The fourth-order valence-electron chi connectivity index (χ4n) is 2.19. The predicted octanol–water partition coefficient (Wildman–Crippen LogP) is 3.01. The van der Waals surface area contributed by atoms with Gasteiger partial charge in [-0.15, -0.1) is 0 Å². The summed E-state index contributed by atoms with van der Waals surface area (Å²) in [5, 5.41) is 6.13. The summed E-state index contributed by atoms with van der Waals surface area (Å²) in [6.45, 7) is 4.33. The highest BCUT2D eigenvalue weighted by atomic mass is 16.5. The Hall–Kier alpha value is -2.63. The number of amides is 1. The van der Waals surface area contributed by atoms with E-state index < -0.39 is 0 Å². The maximum absolute atomic E-state index is 12.4. The standard InChI is InChI=1S/C17H20N4O2/c1-3-23-14-8-6-13(7-9-14)21-17(22)15-10-16(19-11(2)18-15)20-12-4-5-12/h6-10,12H,3-5H2,1-2H3,(H,21,22)(H,18,19,20). The molecule has 6 heteroatoms. The van der Waals surface area contributed by atoms with Crippen LogP contribution in [0.15, 0.2) is 30.3 Å². The first-order chi connectivity index (χ1) is 11.1. The van der Waals surface area contributed by atoms with Gasteiger partial charge in [0.25, 0.3) is 5.91 Å². The molecule has 2 N–H and O–H groups in total. The van der Waals surface area contributed by atoms with Crippen LogP contribution in [0.5, 0.6) is 5.75 Å². The van der Waals surface area contributed by atoms with Crippen LogP contribution in [-0.4, -0.2) is 28.5 Å². The van der Waals surface area contributed by atoms with Crippen molar-refractivity contribution in [2.75, 3.05) is 17.2 Å². The lowest BCUT2D eigenvalue weighted by Crippen LogP contribution is -2.16. The van der Waals surface area contributed by atoms with Gasteiger partial charge in [-0.1, -0.05) is 0 Å². The van der Waals surface area contributed by atoms with Crippen molar-refractivity contribution in [3.05, 3.63) is 41.9 Å². The van der Waals surface area contributed by atoms with Crippen molar-refractivity contribution in [2.45, 2.75) is 32.7 Å². The average molecular weight is 312 g/mol. The zero-order valence-corrected chi connectivity index (χ0v) is 13.3. The molecular weight excluding hydrogens is 292 g/mol. The minimum absolute atomic E-state index is 0.251. The third-order valence-corrected chi connectivity index (χ3v) is 3.42. The molecule has 0 unspecified atom stereocenters. The number of benzene rings is 1. The van der Waals surface area contributed by atoms with Crippen molar-refractivity contribution in [1.29, 1.82) is 0 Å². The molecule has 120 valence electrons. The largest absolute Gasteiger partial charge is 0.494 e. The lowest BCUT2D eigenvalue weighted by atomic mass is 10.3. The Labute approximate surface area is 135 Å². The molecular formula is C17H20N4O2. The Kier molecular flexibility index (Phi) is 4.41. The molecule has 23 heavy (non-hydrogen) atoms. The molecule has 1 aromatic carbocycles. The number of anilines is 2. The first-order valence-corrected chi connectivity index (χ1v) is 7.80. The van der Waals surface area contributed by atoms with E-state index in [0.29, 0.717) is 35.7 Å². The number of rotatable bonds is 6. The molecule has 6 nitrogen and oxygen atoms in total. The quantitative estimate of drug-likeness (QED) is 0.857. The van der Waals surface area contributed by atoms with E-state index in [0.717, 1.165) is 18.6 Å². The van der Waals surface area contributed by atoms with Gasteiger partial charge in [0.15, 0.2) is 0 Å². The number of ether oxygens (including phenoxy) is 1. The fraction of sp³-hybridized carbons (Fsp3) is 0.353. The monoisotopic (exact) mass is 312 g/mol. The molecule has 0 bridgehead atoms. The minimum Gasteiger partial charge on any atom is -0.494 e. The van der Waals surface area contributed by atoms with Gasteiger partial charge in [-0.2, -0.15) is 0 Å². The maximum atomic E-state index is 12.4. The SMILES string of the molecule is CCOc1ccc(NC(=O)c2cc(NC3CC3)nc(C)n2)cc1. The van der Waals surface area contributed by atoms with Crippen molar-refractivity contribution in [3.63, 3.8) is 0 Å². The van der Waals surface area contributed by atoms with Crippen molar-refractivity contribution >= 4 is 17.4 Å². The van der Waals surface area contributed by atoms with Crippen molar-refractivity contribution in [3.8, 4) is 5.75 Å². The molecule has 1 saturated carbocycles. The number of aromatic nitrogens is 2. The first-order valence-electron chi connectivity index (χ1n) is 7.80. The Morgan fingerprint density at radius 1 is 1.26 bits per heavy atom. The van der Waals surface area contributed by atoms with Gasteiger partial charge < -0.3 is 15.4 Å². The van der Waals surface area contributed by atoms with Crippen LogP contribution in [0.4, 0.5) is 11.5 Å². The summed E-state index contributed by atoms with van der Waals surface area (Å²) in [5.41, 5.74) is 1.06. The van der Waals surface area contributed by atoms with Crippen LogP contribution in [-0.2, 0) is 0 Å². The van der Waals surface area contributed by atoms with Gasteiger partial charge in [-0.3, -0.25) is 4.79 Å². The highest BCUT2D eigenvalue weighted by Crippen LogP contribution is 2.24. The van der Waals surface area contributed by atoms with Crippen LogP contribution in [0.25, 0.3) is 0 Å². The van der Waals surface area contributed by atoms with Crippen LogP contribution in [0, 0.1) is 6.92 Å². The molecule has 1 heterocycles. The predicted molar refractivity (Wildman–Crippen MR) is 89.0 cm³/mol. The molecule has 2 aromatic rings. The van der Waals surface area contributed by atoms with Gasteiger partial charge in [0, 0.05) is 17.8 Å². The molecule has 0 saturated heterocycles. The lowest BCUT2D eigenvalue weighted by Gasteiger charge is -2.09. The zero-order chi connectivity index (χ0) is 16.2. The molecule has 1 aliphatic carbocycles. The minimum atomic E-state index is -0.251. The molecule has 0 aliphatic heterocycles. The number of carbonyl (C=O) groups excluding carboxylic acids is 1. The van der Waals surface area contributed by atoms with Crippen LogP contribution >= 0.6 is 0 Å². The third-order valence-electron chi connectivity index (χ3n) is 3.42. The maximum Gasteiger partial charge on any atom is 0.274 e. The van der Waals surface area contributed by atoms with Crippen molar-refractivity contribution in [1.82, 2.24) is 9.97 Å². The number of hydrogen-bond acceptors (Lipinski definition) is 5. The Bertz CT molecular complexity index is 696. The summed E-state index contributed by atoms with van der Waals surface area (Å²) >= 11 is 0. The Morgan fingerprint density at radius 3 is 2.65 bits per heavy atom. The van der Waals surface area contributed by atoms with Crippen LogP contribution in [0.2, 0.25) is 0 Å². The van der Waals surface area contributed by atoms with Crippen LogP contribution < -0.4 is 15.4 Å². The number of nitrogens with one attached hydrogen (secondary N) is 2. The third kappa shape index (κ3) is 4.18. The molecule has 1 fully saturated rings. The van der Waals surface area contributed by atoms with E-state index in [4.69, 9.17) is 4.74 Å². The van der Waals surface area contributed by atoms with E-state index in [9.17, 15) is 4.79 Å². The van der Waals surface area contributed by atoms with Gasteiger partial charge in [0.05, 0.1) is 6.61 Å². The van der Waals surface area contributed by atoms with E-state index in [2.05, 4.69) is 20.6 Å². The van der Waals surface area contributed by atoms with Crippen molar-refractivity contribution < 1.29 is 9.53 Å². The van der Waals surface area contributed by atoms with E-state index in [1.807, 2.05) is 19.1 Å². The van der Waals surface area contributed by atoms with E-state index in [-0.39, 0.29) is 5.91 Å². The molecule has 1 amide bonds. The van der Waals surface area contributed by atoms with Crippen LogP contribution in [0.3, 0.4) is 0 Å². The van der Waals surface area contributed by atoms with E-state index >= 15 is 0 Å². The number of nitrogens with zero attached hydrogens (tertiary/aromatic N) is 2. The second-order valence-corrected chi connectivity index (χ2v) is 5.52. The van der Waals surface area contributed by atoms with Gasteiger partial charge in [0.1, 0.15) is 23.1 Å². The summed E-state index contributed by atoms with van der Waals surface area (Å²) in [4.78, 5) is 20.9. The molecule has 0 spiro atoms. The summed E-state index contributed by atoms with van der Waals surface area (Å²) in [6.07, 6.45) is 2.30. The zero-order valence-electron chi connectivity index (χ0n) is 13.3. The number of carbonyl (C=O) groups is 1. The van der Waals surface area contributed by atoms with Gasteiger partial charge in [-0.05, 0) is 51.0 Å². The fourth-order valence-corrected chi connectivity index (χ4v) is 2.19. The second kappa shape index (κ2) is 6.64. The highest BCUT2D eigenvalue weighted by Gasteiger charge is 2.22. The summed E-state index contributed by atoms with van der Waals surface area (Å²) < 4.78 is 5.38. The van der Waals surface area contributed by atoms with Gasteiger partial charge in [-0.25, -0.2) is 9.97 Å². The summed E-state index contributed by atoms with van der Waals surface area (Å²) in [5.74, 6) is 1.81. The topological polar surface area (TPSA) is 76.1 Å². The van der Waals surface area contributed by atoms with Gasteiger partial charge >= 0.3 is 0 Å². The highest BCUT2D eigenvalue weighted by molar-refractivity contribution is 6.03. The molecule has 1 aliphatic rings. The van der Waals surface area contributed by atoms with Gasteiger partial charge in [0.2, 0.25) is 0 Å². The average Bonchev–Trinajstić information content (AvgIpc) is 3.33. The smallest absolute Gasteiger partial charge is 0.274 e. The first kappa shape index (κ1) is 15.3. The molecule has 1 aromatic heterocycles. The Morgan fingerprint density at radius 2 is 2.00 bits per heavy atom. The number of hydrogen-bond donors (Lipinski definition) is 2. The van der Waals surface area contributed by atoms with Crippen LogP contribution in [0.1, 0.15) is 36.1 Å². The van der Waals surface area contributed by atoms with E-state index in [1.165, 1.54) is 0 Å². The lowest BCUT2D eigenvalue weighted by molar-refractivity contribution is 0.102. The molecule has 0 atom stereocenters. The number of aryl methyl sites for hydroxylation is 1. The van der Waals surface area contributed by atoms with Crippen molar-refractivity contribution in [2.24, 2.45) is 0 Å². The Balaban J connectivity index is 1.70. The summed E-state index contributed by atoms with van der Waals surface area (Å²) in [6, 6.07) is 9.43.